The summed E-state index contributed by atoms with van der Waals surface area (Å²) in [7, 11) is 0. The summed E-state index contributed by atoms with van der Waals surface area (Å²) in [5, 5.41) is 12.6. The van der Waals surface area contributed by atoms with Gasteiger partial charge in [-0.15, -0.1) is 0 Å². The molecule has 0 saturated carbocycles. The molecular weight excluding hydrogens is 536 g/mol. The summed E-state index contributed by atoms with van der Waals surface area (Å²) < 4.78 is 17.5. The predicted octanol–water partition coefficient (Wildman–Crippen LogP) is 5.37. The molecule has 0 unspecified atom stereocenters. The van der Waals surface area contributed by atoms with E-state index in [1.807, 2.05) is 49.4 Å². The second-order valence-electron chi connectivity index (χ2n) is 10.3. The van der Waals surface area contributed by atoms with Crippen LogP contribution in [0.25, 0.3) is 11.3 Å². The summed E-state index contributed by atoms with van der Waals surface area (Å²) in [4.78, 5) is 31.8. The van der Waals surface area contributed by atoms with Crippen molar-refractivity contribution < 1.29 is 24.1 Å². The van der Waals surface area contributed by atoms with Crippen LogP contribution in [0.2, 0.25) is 0 Å². The Hall–Kier alpha value is -4.93. The minimum absolute atomic E-state index is 0.0587. The Bertz CT molecular complexity index is 1510. The second-order valence-corrected chi connectivity index (χ2v) is 10.3. The van der Waals surface area contributed by atoms with Gasteiger partial charge < -0.3 is 29.5 Å². The molecular formula is C31H34N6O5. The van der Waals surface area contributed by atoms with Gasteiger partial charge in [-0.2, -0.15) is 0 Å². The van der Waals surface area contributed by atoms with Gasteiger partial charge in [-0.1, -0.05) is 6.07 Å². The highest BCUT2D eigenvalue weighted by atomic mass is 16.5. The number of rotatable bonds is 11. The summed E-state index contributed by atoms with van der Waals surface area (Å²) in [5.74, 6) is 2.51. The van der Waals surface area contributed by atoms with Crippen LogP contribution in [0.15, 0.2) is 73.2 Å². The number of anilines is 3. The SMILES string of the molecule is CCOc1cccnc1O[C@@H]1CCCN(c2cncc(Nc3cccc(-c4ccc(OC(C)(C)C(=O)O)cc4)n3)n2)C1. The lowest BCUT2D eigenvalue weighted by molar-refractivity contribution is -0.152. The van der Waals surface area contributed by atoms with Crippen molar-refractivity contribution >= 4 is 23.4 Å². The number of hydrogen-bond acceptors (Lipinski definition) is 10. The maximum atomic E-state index is 11.4. The average Bonchev–Trinajstić information content (AvgIpc) is 2.99. The van der Waals surface area contributed by atoms with E-state index in [9.17, 15) is 9.90 Å². The number of benzene rings is 1. The van der Waals surface area contributed by atoms with E-state index in [2.05, 4.69) is 20.2 Å². The van der Waals surface area contributed by atoms with Crippen LogP contribution >= 0.6 is 0 Å². The van der Waals surface area contributed by atoms with Gasteiger partial charge >= 0.3 is 5.97 Å². The van der Waals surface area contributed by atoms with Gasteiger partial charge in [0.2, 0.25) is 0 Å². The largest absolute Gasteiger partial charge is 0.488 e. The first-order chi connectivity index (χ1) is 20.3. The molecule has 0 aliphatic carbocycles. The number of carboxylic acids is 1. The Morgan fingerprint density at radius 2 is 1.90 bits per heavy atom. The smallest absolute Gasteiger partial charge is 0.347 e. The lowest BCUT2D eigenvalue weighted by atomic mass is 10.1. The van der Waals surface area contributed by atoms with Gasteiger partial charge in [0.25, 0.3) is 5.88 Å². The highest BCUT2D eigenvalue weighted by Gasteiger charge is 2.29. The fourth-order valence-electron chi connectivity index (χ4n) is 4.53. The van der Waals surface area contributed by atoms with Crippen molar-refractivity contribution in [3.8, 4) is 28.6 Å². The molecule has 11 heteroatoms. The maximum absolute atomic E-state index is 11.4. The number of pyridine rings is 2. The van der Waals surface area contributed by atoms with Crippen LogP contribution < -0.4 is 24.4 Å². The Balaban J connectivity index is 1.25. The third-order valence-electron chi connectivity index (χ3n) is 6.68. The molecule has 218 valence electrons. The minimum Gasteiger partial charge on any atom is -0.488 e. The van der Waals surface area contributed by atoms with E-state index in [1.165, 1.54) is 13.8 Å². The molecule has 1 atom stereocenters. The van der Waals surface area contributed by atoms with Gasteiger partial charge in [0.15, 0.2) is 17.2 Å². The first-order valence-corrected chi connectivity index (χ1v) is 13.9. The Labute approximate surface area is 244 Å². The molecule has 1 aliphatic rings. The summed E-state index contributed by atoms with van der Waals surface area (Å²) in [5.41, 5.74) is 0.275. The number of aromatic nitrogens is 4. The quantitative estimate of drug-likeness (QED) is 0.241. The van der Waals surface area contributed by atoms with E-state index in [1.54, 1.807) is 30.7 Å². The van der Waals surface area contributed by atoms with Crippen molar-refractivity contribution in [2.24, 2.45) is 0 Å². The lowest BCUT2D eigenvalue weighted by Gasteiger charge is -2.33. The molecule has 1 aliphatic heterocycles. The fraction of sp³-hybridized carbons (Fsp3) is 0.323. The molecule has 1 saturated heterocycles. The number of aliphatic carboxylic acids is 1. The fourth-order valence-corrected chi connectivity index (χ4v) is 4.53. The van der Waals surface area contributed by atoms with E-state index in [0.29, 0.717) is 42.2 Å². The molecule has 4 heterocycles. The summed E-state index contributed by atoms with van der Waals surface area (Å²) in [6, 6.07) is 16.5. The highest BCUT2D eigenvalue weighted by Crippen LogP contribution is 2.29. The molecule has 11 nitrogen and oxygen atoms in total. The van der Waals surface area contributed by atoms with Crippen molar-refractivity contribution in [1.82, 2.24) is 19.9 Å². The molecule has 2 N–H and O–H groups in total. The standard InChI is InChI=1S/C31H34N6O5/c1-4-40-25-10-6-16-33-29(25)41-23-8-7-17-37(20-23)28-19-32-18-27(36-28)35-26-11-5-9-24(34-26)21-12-14-22(15-13-21)42-31(2,3)30(38)39/h5-6,9-16,18-19,23H,4,7-8,17,20H2,1-3H3,(H,38,39)(H,34,35,36)/t23-/m1/s1. The third-order valence-corrected chi connectivity index (χ3v) is 6.68. The van der Waals surface area contributed by atoms with Crippen LogP contribution in [0.5, 0.6) is 17.4 Å². The van der Waals surface area contributed by atoms with Crippen LogP contribution in [0.4, 0.5) is 17.5 Å². The topological polar surface area (TPSA) is 132 Å². The van der Waals surface area contributed by atoms with Crippen molar-refractivity contribution in [1.29, 1.82) is 0 Å². The molecule has 3 aromatic heterocycles. The molecule has 4 aromatic rings. The van der Waals surface area contributed by atoms with Crippen LogP contribution in [0.3, 0.4) is 0 Å². The van der Waals surface area contributed by atoms with Crippen molar-refractivity contribution in [2.45, 2.75) is 45.3 Å². The minimum atomic E-state index is -1.33. The van der Waals surface area contributed by atoms with E-state index in [4.69, 9.17) is 24.2 Å². The van der Waals surface area contributed by atoms with E-state index >= 15 is 0 Å². The normalized spacial score (nSPS) is 15.1. The number of nitrogens with one attached hydrogen (secondary N) is 1. The zero-order valence-corrected chi connectivity index (χ0v) is 23.9. The number of carbonyl (C=O) groups is 1. The van der Waals surface area contributed by atoms with Gasteiger partial charge in [0.1, 0.15) is 23.5 Å². The molecule has 1 aromatic carbocycles. The van der Waals surface area contributed by atoms with Crippen LogP contribution in [0, 0.1) is 0 Å². The maximum Gasteiger partial charge on any atom is 0.347 e. The average molecular weight is 571 g/mol. The summed E-state index contributed by atoms with van der Waals surface area (Å²) in [6.07, 6.45) is 6.91. The van der Waals surface area contributed by atoms with Crippen molar-refractivity contribution in [3.63, 3.8) is 0 Å². The molecule has 0 bridgehead atoms. The number of piperidine rings is 1. The van der Waals surface area contributed by atoms with Gasteiger partial charge in [-0.05, 0) is 82.1 Å². The van der Waals surface area contributed by atoms with E-state index in [-0.39, 0.29) is 6.10 Å². The summed E-state index contributed by atoms with van der Waals surface area (Å²) >= 11 is 0. The molecule has 1 fully saturated rings. The number of hydrogen-bond donors (Lipinski definition) is 2. The van der Waals surface area contributed by atoms with Crippen molar-refractivity contribution in [2.75, 3.05) is 29.9 Å². The van der Waals surface area contributed by atoms with Gasteiger partial charge in [0, 0.05) is 18.3 Å². The molecule has 0 amide bonds. The molecule has 42 heavy (non-hydrogen) atoms. The summed E-state index contributed by atoms with van der Waals surface area (Å²) in [6.45, 7) is 6.99. The number of nitrogens with zero attached hydrogens (tertiary/aromatic N) is 5. The Kier molecular flexibility index (Phi) is 8.66. The monoisotopic (exact) mass is 570 g/mol. The van der Waals surface area contributed by atoms with Gasteiger partial charge in [0.05, 0.1) is 31.2 Å². The zero-order valence-electron chi connectivity index (χ0n) is 23.9. The Morgan fingerprint density at radius 1 is 1.07 bits per heavy atom. The van der Waals surface area contributed by atoms with E-state index < -0.39 is 11.6 Å². The van der Waals surface area contributed by atoms with Crippen LogP contribution in [-0.4, -0.2) is 62.4 Å². The van der Waals surface area contributed by atoms with Crippen LogP contribution in [-0.2, 0) is 4.79 Å². The zero-order chi connectivity index (χ0) is 29.5. The molecule has 5 rings (SSSR count). The first kappa shape index (κ1) is 28.6. The first-order valence-electron chi connectivity index (χ1n) is 13.9. The second kappa shape index (κ2) is 12.7. The Morgan fingerprint density at radius 3 is 2.69 bits per heavy atom. The molecule has 0 spiro atoms. The highest BCUT2D eigenvalue weighted by molar-refractivity contribution is 5.76. The van der Waals surface area contributed by atoms with Gasteiger partial charge in [-0.25, -0.2) is 19.7 Å². The number of ether oxygens (including phenoxy) is 3. The van der Waals surface area contributed by atoms with Crippen LogP contribution in [0.1, 0.15) is 33.6 Å². The third kappa shape index (κ3) is 7.03. The lowest BCUT2D eigenvalue weighted by Crippen LogP contribution is -2.41. The van der Waals surface area contributed by atoms with E-state index in [0.717, 1.165) is 36.5 Å². The van der Waals surface area contributed by atoms with Crippen molar-refractivity contribution in [3.05, 3.63) is 73.2 Å². The number of carboxylic acid groups (broad SMARTS) is 1. The predicted molar refractivity (Wildman–Crippen MR) is 159 cm³/mol. The van der Waals surface area contributed by atoms with Gasteiger partial charge in [-0.3, -0.25) is 4.98 Å². The molecule has 0 radical (unpaired) electrons.